The quantitative estimate of drug-likeness (QED) is 0.672. The number of aromatic nitrogens is 2. The number of nitrogens with zero attached hydrogens (tertiary/aromatic N) is 2. The molecule has 3 rings (SSSR count). The first-order valence-electron chi connectivity index (χ1n) is 7.76. The fourth-order valence-electron chi connectivity index (χ4n) is 2.58. The number of benzene rings is 2. The predicted octanol–water partition coefficient (Wildman–Crippen LogP) is 3.52. The van der Waals surface area contributed by atoms with Crippen molar-refractivity contribution in [2.24, 2.45) is 0 Å². The number of alkyl halides is 2. The highest BCUT2D eigenvalue weighted by Gasteiger charge is 2.16. The van der Waals surface area contributed by atoms with Gasteiger partial charge in [-0.3, -0.25) is 9.09 Å². The highest BCUT2D eigenvalue weighted by Crippen LogP contribution is 2.23. The molecular weight excluding hydrogens is 349 g/mol. The highest BCUT2D eigenvalue weighted by atomic mass is 19.3. The van der Waals surface area contributed by atoms with Gasteiger partial charge in [0.1, 0.15) is 11.6 Å². The van der Waals surface area contributed by atoms with Crippen molar-refractivity contribution in [1.29, 1.82) is 0 Å². The van der Waals surface area contributed by atoms with Crippen LogP contribution in [0.15, 0.2) is 51.8 Å². The summed E-state index contributed by atoms with van der Waals surface area (Å²) < 4.78 is 48.7. The van der Waals surface area contributed by atoms with Crippen molar-refractivity contribution in [1.82, 2.24) is 9.72 Å². The Morgan fingerprint density at radius 1 is 1.19 bits per heavy atom. The van der Waals surface area contributed by atoms with Gasteiger partial charge in [0.05, 0.1) is 6.54 Å². The summed E-state index contributed by atoms with van der Waals surface area (Å²) in [6.45, 7) is -1.22. The van der Waals surface area contributed by atoms with Crippen LogP contribution in [0.5, 0.6) is 5.75 Å². The molecule has 8 heteroatoms. The molecule has 0 atom stereocenters. The Bertz CT molecular complexity index is 949. The first kappa shape index (κ1) is 17.8. The van der Waals surface area contributed by atoms with Crippen molar-refractivity contribution in [3.63, 3.8) is 0 Å². The fraction of sp³-hybridized carbons (Fsp3) is 0.222. The summed E-state index contributed by atoms with van der Waals surface area (Å²) >= 11 is 0. The van der Waals surface area contributed by atoms with Gasteiger partial charge in [0.25, 0.3) is 0 Å². The fourth-order valence-corrected chi connectivity index (χ4v) is 2.58. The number of hydrogen-bond acceptors (Lipinski definition) is 4. The van der Waals surface area contributed by atoms with Crippen LogP contribution in [0.1, 0.15) is 22.5 Å². The Balaban J connectivity index is 1.91. The van der Waals surface area contributed by atoms with E-state index in [1.54, 1.807) is 31.2 Å². The van der Waals surface area contributed by atoms with E-state index in [1.165, 1.54) is 22.8 Å². The summed E-state index contributed by atoms with van der Waals surface area (Å²) in [7, 11) is 0. The van der Waals surface area contributed by atoms with Crippen molar-refractivity contribution < 1.29 is 22.4 Å². The van der Waals surface area contributed by atoms with Crippen molar-refractivity contribution in [2.45, 2.75) is 26.5 Å². The molecule has 2 aromatic carbocycles. The third-order valence-electron chi connectivity index (χ3n) is 3.80. The summed E-state index contributed by atoms with van der Waals surface area (Å²) in [5.74, 6) is -0.816. The molecule has 0 fully saturated rings. The van der Waals surface area contributed by atoms with Gasteiger partial charge in [0, 0.05) is 12.0 Å². The van der Waals surface area contributed by atoms with Crippen LogP contribution in [0.4, 0.5) is 13.2 Å². The Hall–Kier alpha value is -3.03. The molecule has 3 aromatic rings. The molecule has 1 heterocycles. The number of rotatable bonds is 6. The predicted molar refractivity (Wildman–Crippen MR) is 86.9 cm³/mol. The van der Waals surface area contributed by atoms with Gasteiger partial charge in [-0.2, -0.15) is 8.78 Å². The second-order valence-corrected chi connectivity index (χ2v) is 5.74. The van der Waals surface area contributed by atoms with Crippen LogP contribution in [0.2, 0.25) is 0 Å². The molecule has 0 radical (unpaired) electrons. The van der Waals surface area contributed by atoms with Gasteiger partial charge in [0.15, 0.2) is 5.82 Å². The van der Waals surface area contributed by atoms with Crippen LogP contribution < -0.4 is 10.5 Å². The van der Waals surface area contributed by atoms with E-state index in [4.69, 9.17) is 4.52 Å². The molecule has 26 heavy (non-hydrogen) atoms. The summed E-state index contributed by atoms with van der Waals surface area (Å²) in [5.41, 5.74) is 1.95. The summed E-state index contributed by atoms with van der Waals surface area (Å²) in [5, 5.41) is 3.74. The summed E-state index contributed by atoms with van der Waals surface area (Å²) in [6, 6.07) is 10.4. The van der Waals surface area contributed by atoms with E-state index >= 15 is 0 Å². The average Bonchev–Trinajstić information content (AvgIpc) is 2.92. The maximum Gasteiger partial charge on any atom is 0.441 e. The molecule has 0 aliphatic rings. The van der Waals surface area contributed by atoms with Crippen molar-refractivity contribution in [2.75, 3.05) is 0 Å². The third-order valence-corrected chi connectivity index (χ3v) is 3.80. The van der Waals surface area contributed by atoms with Crippen LogP contribution in [0, 0.1) is 12.7 Å². The van der Waals surface area contributed by atoms with Gasteiger partial charge in [-0.05, 0) is 30.7 Å². The first-order valence-corrected chi connectivity index (χ1v) is 7.76. The third kappa shape index (κ3) is 4.14. The van der Waals surface area contributed by atoms with E-state index in [0.717, 1.165) is 11.1 Å². The van der Waals surface area contributed by atoms with Crippen LogP contribution >= 0.6 is 0 Å². The minimum atomic E-state index is -2.98. The maximum absolute atomic E-state index is 13.0. The molecular formula is C18H15F3N2O3. The first-order chi connectivity index (χ1) is 12.4. The Morgan fingerprint density at radius 2 is 1.92 bits per heavy atom. The minimum absolute atomic E-state index is 0.0218. The monoisotopic (exact) mass is 364 g/mol. The lowest BCUT2D eigenvalue weighted by atomic mass is 10.1. The molecule has 0 aliphatic carbocycles. The Morgan fingerprint density at radius 3 is 2.62 bits per heavy atom. The van der Waals surface area contributed by atoms with Gasteiger partial charge in [0.2, 0.25) is 0 Å². The molecule has 0 N–H and O–H groups in total. The zero-order valence-electron chi connectivity index (χ0n) is 13.8. The molecule has 0 saturated carbocycles. The van der Waals surface area contributed by atoms with Gasteiger partial charge in [-0.15, -0.1) is 0 Å². The molecule has 5 nitrogen and oxygen atoms in total. The zero-order valence-corrected chi connectivity index (χ0v) is 13.8. The van der Waals surface area contributed by atoms with Crippen molar-refractivity contribution >= 4 is 0 Å². The lowest BCUT2D eigenvalue weighted by molar-refractivity contribution is -0.0505. The standard InChI is InChI=1S/C18H15F3N2O3/c1-11-2-7-15(25-17(20)21)13(8-11)10-23-16(22-26-18(23)24)9-12-3-5-14(19)6-4-12/h2-8,17H,9-10H2,1H3. The molecule has 0 unspecified atom stereocenters. The maximum atomic E-state index is 13.0. The molecule has 0 saturated heterocycles. The van der Waals surface area contributed by atoms with E-state index in [1.807, 2.05) is 0 Å². The number of halogens is 3. The minimum Gasteiger partial charge on any atom is -0.434 e. The summed E-state index contributed by atoms with van der Waals surface area (Å²) in [6.07, 6.45) is 0.225. The Kier molecular flexibility index (Phi) is 5.11. The van der Waals surface area contributed by atoms with Crippen LogP contribution in [0.25, 0.3) is 0 Å². The average molecular weight is 364 g/mol. The van der Waals surface area contributed by atoms with Gasteiger partial charge in [-0.1, -0.05) is 35.0 Å². The van der Waals surface area contributed by atoms with E-state index < -0.39 is 12.4 Å². The smallest absolute Gasteiger partial charge is 0.434 e. The topological polar surface area (TPSA) is 57.3 Å². The summed E-state index contributed by atoms with van der Waals surface area (Å²) in [4.78, 5) is 12.0. The second-order valence-electron chi connectivity index (χ2n) is 5.74. The van der Waals surface area contributed by atoms with Gasteiger partial charge < -0.3 is 4.74 Å². The molecule has 0 amide bonds. The van der Waals surface area contributed by atoms with Gasteiger partial charge >= 0.3 is 12.4 Å². The van der Waals surface area contributed by atoms with Crippen LogP contribution in [-0.4, -0.2) is 16.3 Å². The normalized spacial score (nSPS) is 11.1. The molecule has 136 valence electrons. The number of ether oxygens (including phenoxy) is 1. The Labute approximate surface area is 146 Å². The van der Waals surface area contributed by atoms with Crippen molar-refractivity contribution in [3.05, 3.63) is 81.3 Å². The number of hydrogen-bond donors (Lipinski definition) is 0. The van der Waals surface area contributed by atoms with E-state index in [-0.39, 0.29) is 24.5 Å². The van der Waals surface area contributed by atoms with Crippen LogP contribution in [-0.2, 0) is 13.0 Å². The largest absolute Gasteiger partial charge is 0.441 e. The number of aryl methyl sites for hydroxylation is 1. The van der Waals surface area contributed by atoms with Gasteiger partial charge in [-0.25, -0.2) is 9.18 Å². The molecule has 0 aliphatic heterocycles. The SMILES string of the molecule is Cc1ccc(OC(F)F)c(Cn2c(Cc3ccc(F)cc3)noc2=O)c1. The van der Waals surface area contributed by atoms with E-state index in [2.05, 4.69) is 9.89 Å². The lowest BCUT2D eigenvalue weighted by Gasteiger charge is -2.12. The zero-order chi connectivity index (χ0) is 18.7. The molecule has 1 aromatic heterocycles. The van der Waals surface area contributed by atoms with Crippen LogP contribution in [0.3, 0.4) is 0 Å². The molecule has 0 spiro atoms. The highest BCUT2D eigenvalue weighted by molar-refractivity contribution is 5.37. The van der Waals surface area contributed by atoms with E-state index in [9.17, 15) is 18.0 Å². The molecule has 0 bridgehead atoms. The second kappa shape index (κ2) is 7.47. The lowest BCUT2D eigenvalue weighted by Crippen LogP contribution is -2.19. The van der Waals surface area contributed by atoms with Crippen molar-refractivity contribution in [3.8, 4) is 5.75 Å². The van der Waals surface area contributed by atoms with E-state index in [0.29, 0.717) is 11.4 Å².